The first-order chi connectivity index (χ1) is 33.9. The highest BCUT2D eigenvalue weighted by Gasteiger charge is 2.52. The van der Waals surface area contributed by atoms with Gasteiger partial charge in [0.15, 0.2) is 0 Å². The van der Waals surface area contributed by atoms with Crippen molar-refractivity contribution in [3.63, 3.8) is 0 Å². The number of methoxy groups -OCH3 is 2. The number of piperidine rings is 1. The normalized spacial score (nSPS) is 22.6. The number of nitrogens with one attached hydrogen (secondary N) is 2. The topological polar surface area (TPSA) is 243 Å². The molecular formula is C51H73N9O11. The summed E-state index contributed by atoms with van der Waals surface area (Å²) in [5.74, 6) is -4.92. The van der Waals surface area contributed by atoms with Gasteiger partial charge in [0.2, 0.25) is 29.5 Å². The molecule has 1 aromatic heterocycles. The van der Waals surface area contributed by atoms with Crippen molar-refractivity contribution in [3.8, 4) is 0 Å². The van der Waals surface area contributed by atoms with Crippen LogP contribution >= 0.6 is 0 Å². The average Bonchev–Trinajstić information content (AvgIpc) is 4.22. The highest BCUT2D eigenvalue weighted by Crippen LogP contribution is 2.43. The molecule has 20 heteroatoms. The van der Waals surface area contributed by atoms with Gasteiger partial charge in [-0.1, -0.05) is 76.6 Å². The number of likely N-dealkylation sites (tertiary alicyclic amines) is 2. The smallest absolute Gasteiger partial charge is 0.326 e. The van der Waals surface area contributed by atoms with Crippen molar-refractivity contribution in [3.05, 3.63) is 59.9 Å². The summed E-state index contributed by atoms with van der Waals surface area (Å²) in [5, 5.41) is 23.9. The third-order valence-electron chi connectivity index (χ3n) is 15.1. The third-order valence-corrected chi connectivity index (χ3v) is 15.1. The van der Waals surface area contributed by atoms with Crippen LogP contribution in [0.5, 0.6) is 0 Å². The second-order valence-electron chi connectivity index (χ2n) is 20.1. The number of carbonyl (C=O) groups is 8. The third kappa shape index (κ3) is 12.7. The van der Waals surface area contributed by atoms with E-state index in [-0.39, 0.29) is 73.2 Å². The molecule has 1 aromatic carbocycles. The molecule has 71 heavy (non-hydrogen) atoms. The molecule has 4 aliphatic rings. The Bertz CT molecular complexity index is 2250. The van der Waals surface area contributed by atoms with E-state index in [1.807, 2.05) is 33.8 Å². The molecule has 0 spiro atoms. The van der Waals surface area contributed by atoms with Crippen molar-refractivity contribution in [2.45, 2.75) is 160 Å². The largest absolute Gasteiger partial charge is 0.480 e. The minimum Gasteiger partial charge on any atom is -0.480 e. The molecule has 388 valence electrons. The van der Waals surface area contributed by atoms with Crippen molar-refractivity contribution < 1.29 is 52.9 Å². The number of nitrogens with zero attached hydrogens (tertiary/aromatic N) is 7. The number of rotatable bonds is 25. The first-order valence-corrected chi connectivity index (χ1v) is 25.1. The zero-order chi connectivity index (χ0) is 51.7. The van der Waals surface area contributed by atoms with Gasteiger partial charge in [-0.15, -0.1) is 5.10 Å². The van der Waals surface area contributed by atoms with Crippen molar-refractivity contribution in [1.82, 2.24) is 45.2 Å². The lowest BCUT2D eigenvalue weighted by Gasteiger charge is -2.41. The highest BCUT2D eigenvalue weighted by molar-refractivity contribution is 6.12. The molecule has 11 atom stereocenters. The Labute approximate surface area is 416 Å². The first kappa shape index (κ1) is 54.3. The number of aliphatic carboxylic acids is 1. The summed E-state index contributed by atoms with van der Waals surface area (Å²) >= 11 is 0. The minimum atomic E-state index is -1.16. The fraction of sp³-hybridized carbons (Fsp3) is 0.647. The van der Waals surface area contributed by atoms with Gasteiger partial charge in [0.05, 0.1) is 49.4 Å². The van der Waals surface area contributed by atoms with E-state index < -0.39 is 72.0 Å². The summed E-state index contributed by atoms with van der Waals surface area (Å²) in [7, 11) is 4.66. The number of fused-ring (bicyclic) bond motifs is 2. The van der Waals surface area contributed by atoms with Gasteiger partial charge in [0, 0.05) is 65.4 Å². The quantitative estimate of drug-likeness (QED) is 0.121. The van der Waals surface area contributed by atoms with Crippen LogP contribution in [-0.4, -0.2) is 163 Å². The summed E-state index contributed by atoms with van der Waals surface area (Å²) in [6, 6.07) is 5.06. The first-order valence-electron chi connectivity index (χ1n) is 25.1. The van der Waals surface area contributed by atoms with E-state index in [4.69, 9.17) is 9.47 Å². The molecule has 3 N–H and O–H groups in total. The van der Waals surface area contributed by atoms with E-state index in [2.05, 4.69) is 20.9 Å². The van der Waals surface area contributed by atoms with Crippen molar-refractivity contribution in [2.24, 2.45) is 23.7 Å². The second-order valence-corrected chi connectivity index (χ2v) is 20.1. The second kappa shape index (κ2) is 24.4. The number of aromatic nitrogens is 3. The van der Waals surface area contributed by atoms with Gasteiger partial charge in [0.1, 0.15) is 23.8 Å². The van der Waals surface area contributed by atoms with Crippen LogP contribution in [0.4, 0.5) is 0 Å². The summed E-state index contributed by atoms with van der Waals surface area (Å²) in [4.78, 5) is 113. The van der Waals surface area contributed by atoms with E-state index in [0.29, 0.717) is 50.9 Å². The number of amides is 7. The van der Waals surface area contributed by atoms with Crippen LogP contribution in [0.25, 0.3) is 0 Å². The Morgan fingerprint density at radius 2 is 1.63 bits per heavy atom. The molecule has 6 rings (SSSR count). The van der Waals surface area contributed by atoms with Crippen LogP contribution < -0.4 is 10.6 Å². The number of benzene rings is 1. The monoisotopic (exact) mass is 988 g/mol. The van der Waals surface area contributed by atoms with Gasteiger partial charge in [-0.3, -0.25) is 43.1 Å². The lowest BCUT2D eigenvalue weighted by atomic mass is 9.89. The molecule has 7 amide bonds. The zero-order valence-corrected chi connectivity index (χ0v) is 42.4. The molecule has 2 saturated heterocycles. The molecule has 1 unspecified atom stereocenters. The molecule has 3 fully saturated rings. The van der Waals surface area contributed by atoms with Crippen LogP contribution in [0.2, 0.25) is 0 Å². The maximum Gasteiger partial charge on any atom is 0.326 e. The van der Waals surface area contributed by atoms with E-state index >= 15 is 0 Å². The predicted molar refractivity (Wildman–Crippen MR) is 258 cm³/mol. The molecule has 1 saturated carbocycles. The number of carbonyl (C=O) groups excluding carboxylic acids is 7. The molecule has 2 bridgehead atoms. The predicted octanol–water partition coefficient (Wildman–Crippen LogP) is 2.74. The molecule has 1 aliphatic carbocycles. The minimum absolute atomic E-state index is 0.00657. The number of carboxylic acid groups (broad SMARTS) is 1. The van der Waals surface area contributed by atoms with E-state index in [1.54, 1.807) is 63.8 Å². The van der Waals surface area contributed by atoms with E-state index in [0.717, 1.165) is 23.3 Å². The van der Waals surface area contributed by atoms with Crippen LogP contribution in [0, 0.1) is 23.7 Å². The van der Waals surface area contributed by atoms with Gasteiger partial charge >= 0.3 is 5.97 Å². The number of aryl methyl sites for hydroxylation is 1. The van der Waals surface area contributed by atoms with Crippen LogP contribution in [0.15, 0.2) is 48.7 Å². The Kier molecular flexibility index (Phi) is 18.7. The number of ether oxygens (including phenoxy) is 2. The Balaban J connectivity index is 1.08. The van der Waals surface area contributed by atoms with E-state index in [1.165, 1.54) is 26.4 Å². The lowest BCUT2D eigenvalue weighted by molar-refractivity contribution is -0.149. The molecule has 3 aliphatic heterocycles. The standard InChI is InChI=1S/C51H73N9O11/c1-9-31(4)45(39(70-7)27-43(64)58-24-13-17-38(58)47(71-8)32(5)48(65)52-37(51(68)69)25-33-15-11-10-12-16-33)56(6)50(67)44(30(2)3)53-49(66)46-34-19-20-36(26-34)60(46)42(63)18-14-23-57-28-35(54-55-57)29-59-40(61)21-22-41(59)62/h10-12,15-16,21-22,28,30-32,34,36-39,44-47H,9,13-14,17-20,23-27,29H2,1-8H3,(H,52,65)(H,53,66)(H,68,69)/t31-,32+,34-,36+,37?,38-,39+,44-,45-,46-,47+/m0/s1. The molecule has 4 heterocycles. The number of imide groups is 1. The number of hydrogen-bond acceptors (Lipinski definition) is 12. The zero-order valence-electron chi connectivity index (χ0n) is 42.4. The maximum absolute atomic E-state index is 14.7. The van der Waals surface area contributed by atoms with Gasteiger partial charge in [-0.05, 0) is 61.8 Å². The summed E-state index contributed by atoms with van der Waals surface area (Å²) in [6.45, 7) is 10.1. The van der Waals surface area contributed by atoms with Gasteiger partial charge in [-0.2, -0.15) is 0 Å². The number of carboxylic acids is 1. The Morgan fingerprint density at radius 1 is 0.930 bits per heavy atom. The molecule has 0 radical (unpaired) electrons. The number of hydrogen-bond donors (Lipinski definition) is 3. The molecular weight excluding hydrogens is 915 g/mol. The average molecular weight is 988 g/mol. The Hall–Kier alpha value is -6.02. The van der Waals surface area contributed by atoms with Gasteiger partial charge < -0.3 is 39.9 Å². The summed E-state index contributed by atoms with van der Waals surface area (Å²) in [6.07, 6.45) is 7.33. The van der Waals surface area contributed by atoms with Gasteiger partial charge in [-0.25, -0.2) is 4.79 Å². The molecule has 20 nitrogen and oxygen atoms in total. The summed E-state index contributed by atoms with van der Waals surface area (Å²) < 4.78 is 13.5. The lowest BCUT2D eigenvalue weighted by Crippen LogP contribution is -2.60. The van der Waals surface area contributed by atoms with Crippen LogP contribution in [0.1, 0.15) is 104 Å². The van der Waals surface area contributed by atoms with Crippen molar-refractivity contribution in [2.75, 3.05) is 27.8 Å². The number of likely N-dealkylation sites (N-methyl/N-ethyl adjacent to an activating group) is 1. The van der Waals surface area contributed by atoms with E-state index in [9.17, 15) is 43.5 Å². The Morgan fingerprint density at radius 3 is 2.27 bits per heavy atom. The summed E-state index contributed by atoms with van der Waals surface area (Å²) in [5.41, 5.74) is 1.20. The molecule has 2 aromatic rings. The van der Waals surface area contributed by atoms with Crippen molar-refractivity contribution in [1.29, 1.82) is 0 Å². The SMILES string of the molecule is CC[C@H](C)[C@@H]([C@@H](CC(=O)N1CCC[C@H]1[C@H](OC)[C@@H](C)C(=O)NC(Cc1ccccc1)C(=O)O)OC)N(C)C(=O)[C@@H](NC(=O)[C@@H]1[C@H]2CC[C@H](C2)N1C(=O)CCCn1cc(CN2C(=O)C=CC2=O)nn1)C(C)C. The fourth-order valence-corrected chi connectivity index (χ4v) is 11.1. The van der Waals surface area contributed by atoms with Crippen LogP contribution in [0.3, 0.4) is 0 Å². The van der Waals surface area contributed by atoms with Crippen LogP contribution in [-0.2, 0) is 67.3 Å². The maximum atomic E-state index is 14.7. The van der Waals surface area contributed by atoms with Gasteiger partial charge in [0.25, 0.3) is 11.8 Å². The highest BCUT2D eigenvalue weighted by atomic mass is 16.5. The van der Waals surface area contributed by atoms with Crippen molar-refractivity contribution >= 4 is 47.3 Å². The fourth-order valence-electron chi connectivity index (χ4n) is 11.1.